The van der Waals surface area contributed by atoms with Gasteiger partial charge in [0.1, 0.15) is 5.75 Å². The highest BCUT2D eigenvalue weighted by molar-refractivity contribution is 8.13. The topological polar surface area (TPSA) is 83.8 Å². The van der Waals surface area contributed by atoms with Gasteiger partial charge >= 0.3 is 0 Å². The first-order chi connectivity index (χ1) is 14.7. The zero-order valence-corrected chi connectivity index (χ0v) is 18.8. The van der Waals surface area contributed by atoms with E-state index in [1.807, 2.05) is 36.4 Å². The number of hydrogen-bond donors (Lipinski definition) is 2. The molecule has 0 heterocycles. The predicted octanol–water partition coefficient (Wildman–Crippen LogP) is 7.40. The lowest BCUT2D eigenvalue weighted by Gasteiger charge is -2.05. The largest absolute Gasteiger partial charge is 0.494 e. The van der Waals surface area contributed by atoms with Crippen molar-refractivity contribution >= 4 is 28.3 Å². The first-order valence-corrected chi connectivity index (χ1v) is 11.9. The highest BCUT2D eigenvalue weighted by Gasteiger charge is 1.98. The molecule has 0 atom stereocenters. The van der Waals surface area contributed by atoms with E-state index in [1.54, 1.807) is 0 Å². The molecule has 0 bridgehead atoms. The summed E-state index contributed by atoms with van der Waals surface area (Å²) in [5, 5.41) is 16.0. The fraction of sp³-hybridized carbons (Fsp3) is 0.458. The number of rotatable bonds is 14. The van der Waals surface area contributed by atoms with Crippen LogP contribution in [0.15, 0.2) is 58.8 Å². The maximum absolute atomic E-state index is 7.16. The molecule has 0 unspecified atom stereocenters. The maximum atomic E-state index is 7.16. The molecular formula is C24H34N4OS. The van der Waals surface area contributed by atoms with Gasteiger partial charge in [-0.3, -0.25) is 5.41 Å². The van der Waals surface area contributed by atoms with E-state index >= 15 is 0 Å². The van der Waals surface area contributed by atoms with Crippen LogP contribution in [0.25, 0.3) is 0 Å². The number of nitrogens with two attached hydrogens (primary N) is 1. The summed E-state index contributed by atoms with van der Waals surface area (Å²) in [6.07, 6.45) is 9.94. The third-order valence-electron chi connectivity index (χ3n) is 4.69. The summed E-state index contributed by atoms with van der Waals surface area (Å²) in [6, 6.07) is 16.0. The van der Waals surface area contributed by atoms with E-state index in [9.17, 15) is 0 Å². The predicted molar refractivity (Wildman–Crippen MR) is 129 cm³/mol. The number of aryl methyl sites for hydroxylation is 1. The summed E-state index contributed by atoms with van der Waals surface area (Å²) < 4.78 is 5.68. The van der Waals surface area contributed by atoms with Gasteiger partial charge in [0, 0.05) is 5.75 Å². The Morgan fingerprint density at radius 1 is 0.867 bits per heavy atom. The third-order valence-corrected chi connectivity index (χ3v) is 5.49. The molecule has 30 heavy (non-hydrogen) atoms. The Labute approximate surface area is 185 Å². The highest BCUT2D eigenvalue weighted by atomic mass is 32.2. The van der Waals surface area contributed by atoms with Crippen LogP contribution < -0.4 is 10.5 Å². The molecule has 3 N–H and O–H groups in total. The van der Waals surface area contributed by atoms with Crippen LogP contribution in [0, 0.1) is 5.41 Å². The van der Waals surface area contributed by atoms with E-state index in [1.165, 1.54) is 55.9 Å². The number of unbranched alkanes of at least 4 members (excludes halogenated alkanes) is 5. The van der Waals surface area contributed by atoms with Gasteiger partial charge in [0.2, 0.25) is 0 Å². The summed E-state index contributed by atoms with van der Waals surface area (Å²) in [5.74, 6) is 1.60. The molecule has 0 amide bonds. The second-order valence-corrected chi connectivity index (χ2v) is 8.43. The minimum absolute atomic E-state index is 0.150. The molecule has 0 aliphatic heterocycles. The van der Waals surface area contributed by atoms with Crippen LogP contribution in [0.3, 0.4) is 0 Å². The van der Waals surface area contributed by atoms with E-state index in [2.05, 4.69) is 29.3 Å². The number of hydrogen-bond acceptors (Lipinski definition) is 5. The first kappa shape index (κ1) is 23.9. The van der Waals surface area contributed by atoms with E-state index in [0.29, 0.717) is 6.61 Å². The summed E-state index contributed by atoms with van der Waals surface area (Å²) >= 11 is 1.33. The zero-order valence-electron chi connectivity index (χ0n) is 18.0. The molecule has 5 nitrogen and oxygen atoms in total. The van der Waals surface area contributed by atoms with Gasteiger partial charge in [0.15, 0.2) is 5.17 Å². The van der Waals surface area contributed by atoms with Crippen molar-refractivity contribution in [3.05, 3.63) is 54.1 Å². The number of amidine groups is 1. The van der Waals surface area contributed by atoms with Crippen molar-refractivity contribution in [1.29, 1.82) is 5.41 Å². The standard InChI is InChI=1S/C24H34N4OS/c1-2-3-4-5-6-7-9-20-10-12-21(13-11-20)27-28-22-14-16-23(17-15-22)29-18-8-19-30-24(25)26/h10-17H,2-9,18-19H2,1H3,(H3,25,26). The summed E-state index contributed by atoms with van der Waals surface area (Å²) in [4.78, 5) is 0. The highest BCUT2D eigenvalue weighted by Crippen LogP contribution is 2.22. The van der Waals surface area contributed by atoms with Crippen molar-refractivity contribution in [2.45, 2.75) is 58.3 Å². The molecule has 0 saturated carbocycles. The van der Waals surface area contributed by atoms with Gasteiger partial charge in [0.25, 0.3) is 0 Å². The molecule has 2 aromatic carbocycles. The van der Waals surface area contributed by atoms with E-state index in [4.69, 9.17) is 15.9 Å². The number of nitrogens with one attached hydrogen (secondary N) is 1. The molecule has 2 rings (SSSR count). The van der Waals surface area contributed by atoms with Crippen molar-refractivity contribution in [2.75, 3.05) is 12.4 Å². The van der Waals surface area contributed by atoms with E-state index in [0.717, 1.165) is 35.7 Å². The SMILES string of the molecule is CCCCCCCCc1ccc(N=Nc2ccc(OCCCSC(=N)N)cc2)cc1. The van der Waals surface area contributed by atoms with Crippen LogP contribution in [0.4, 0.5) is 11.4 Å². The Hall–Kier alpha value is -2.34. The Bertz CT molecular complexity index is 760. The smallest absolute Gasteiger partial charge is 0.151 e. The fourth-order valence-electron chi connectivity index (χ4n) is 2.99. The number of nitrogens with zero attached hydrogens (tertiary/aromatic N) is 2. The molecule has 0 spiro atoms. The Morgan fingerprint density at radius 3 is 2.10 bits per heavy atom. The lowest BCUT2D eigenvalue weighted by Crippen LogP contribution is -2.06. The molecule has 0 aliphatic carbocycles. The second kappa shape index (κ2) is 14.6. The summed E-state index contributed by atoms with van der Waals surface area (Å²) in [6.45, 7) is 2.86. The van der Waals surface area contributed by atoms with Crippen LogP contribution >= 0.6 is 11.8 Å². The van der Waals surface area contributed by atoms with Gasteiger partial charge in [-0.2, -0.15) is 10.2 Å². The van der Waals surface area contributed by atoms with E-state index in [-0.39, 0.29) is 5.17 Å². The zero-order chi connectivity index (χ0) is 21.4. The second-order valence-electron chi connectivity index (χ2n) is 7.29. The quantitative estimate of drug-likeness (QED) is 0.143. The van der Waals surface area contributed by atoms with Gasteiger partial charge in [-0.1, -0.05) is 62.9 Å². The van der Waals surface area contributed by atoms with Crippen LogP contribution in [0.5, 0.6) is 5.75 Å². The molecule has 162 valence electrons. The monoisotopic (exact) mass is 426 g/mol. The Morgan fingerprint density at radius 2 is 1.47 bits per heavy atom. The maximum Gasteiger partial charge on any atom is 0.151 e. The Kier molecular flexibility index (Phi) is 11.7. The van der Waals surface area contributed by atoms with Gasteiger partial charge in [-0.25, -0.2) is 0 Å². The van der Waals surface area contributed by atoms with Crippen molar-refractivity contribution < 1.29 is 4.74 Å². The van der Waals surface area contributed by atoms with Crippen LogP contribution in [0.1, 0.15) is 57.4 Å². The number of benzene rings is 2. The number of thioether (sulfide) groups is 1. The number of ether oxygens (including phenoxy) is 1. The van der Waals surface area contributed by atoms with Gasteiger partial charge in [-0.05, 0) is 61.2 Å². The van der Waals surface area contributed by atoms with Crippen molar-refractivity contribution in [2.24, 2.45) is 16.0 Å². The molecule has 0 aromatic heterocycles. The van der Waals surface area contributed by atoms with Crippen LogP contribution in [-0.2, 0) is 6.42 Å². The molecule has 0 aliphatic rings. The van der Waals surface area contributed by atoms with Gasteiger partial charge in [0.05, 0.1) is 18.0 Å². The average Bonchev–Trinajstić information content (AvgIpc) is 2.76. The van der Waals surface area contributed by atoms with Gasteiger partial charge < -0.3 is 10.5 Å². The third kappa shape index (κ3) is 10.4. The molecule has 0 fully saturated rings. The molecule has 0 radical (unpaired) electrons. The average molecular weight is 427 g/mol. The molecule has 0 saturated heterocycles. The van der Waals surface area contributed by atoms with Crippen molar-refractivity contribution in [3.63, 3.8) is 0 Å². The Balaban J connectivity index is 1.70. The summed E-state index contributed by atoms with van der Waals surface area (Å²) in [5.41, 5.74) is 8.34. The normalized spacial score (nSPS) is 11.1. The fourth-order valence-corrected chi connectivity index (χ4v) is 3.48. The molecule has 6 heteroatoms. The first-order valence-electron chi connectivity index (χ1n) is 10.9. The lowest BCUT2D eigenvalue weighted by molar-refractivity contribution is 0.319. The minimum atomic E-state index is 0.150. The van der Waals surface area contributed by atoms with E-state index < -0.39 is 0 Å². The molecular weight excluding hydrogens is 392 g/mol. The minimum Gasteiger partial charge on any atom is -0.494 e. The van der Waals surface area contributed by atoms with Gasteiger partial charge in [-0.15, -0.1) is 0 Å². The van der Waals surface area contributed by atoms with Crippen molar-refractivity contribution in [3.8, 4) is 5.75 Å². The van der Waals surface area contributed by atoms with Crippen LogP contribution in [-0.4, -0.2) is 17.5 Å². The van der Waals surface area contributed by atoms with Crippen molar-refractivity contribution in [1.82, 2.24) is 0 Å². The molecule has 2 aromatic rings. The van der Waals surface area contributed by atoms with Crippen LogP contribution in [0.2, 0.25) is 0 Å². The summed E-state index contributed by atoms with van der Waals surface area (Å²) in [7, 11) is 0. The lowest BCUT2D eigenvalue weighted by atomic mass is 10.0. The number of azo groups is 1.